The molecule has 0 heterocycles. The number of hydrogen-bond acceptors (Lipinski definition) is 10. The van der Waals surface area contributed by atoms with Crippen LogP contribution in [0.4, 0.5) is 9.59 Å². The second kappa shape index (κ2) is 40.2. The first-order chi connectivity index (χ1) is 27.6. The number of nitrogens with zero attached hydrogens (tertiary/aromatic N) is 2. The lowest BCUT2D eigenvalue weighted by Crippen LogP contribution is -2.35. The molecule has 2 atom stereocenters. The molecule has 0 bridgehead atoms. The van der Waals surface area contributed by atoms with Crippen molar-refractivity contribution >= 4 is 24.2 Å². The van der Waals surface area contributed by atoms with Crippen LogP contribution in [0.2, 0.25) is 0 Å². The van der Waals surface area contributed by atoms with Gasteiger partial charge in [-0.25, -0.2) is 9.59 Å². The third kappa shape index (κ3) is 37.4. The SMILES string of the molecule is CCCCCCC(CCCCCCCCC(=O)O)OC(=O)OCCN(CCCN(CC)CC)CCOC(=O)OC(CCCCCC)CCCCCCCCC(=O)O. The van der Waals surface area contributed by atoms with Gasteiger partial charge in [0.05, 0.1) is 0 Å². The summed E-state index contributed by atoms with van der Waals surface area (Å²) in [5, 5.41) is 17.6. The van der Waals surface area contributed by atoms with Crippen LogP contribution in [-0.4, -0.2) is 109 Å². The van der Waals surface area contributed by atoms with E-state index in [1.165, 1.54) is 12.8 Å². The van der Waals surface area contributed by atoms with Gasteiger partial charge in [-0.15, -0.1) is 0 Å². The molecule has 0 aliphatic carbocycles. The van der Waals surface area contributed by atoms with Crippen molar-refractivity contribution in [2.75, 3.05) is 52.5 Å². The summed E-state index contributed by atoms with van der Waals surface area (Å²) < 4.78 is 22.8. The summed E-state index contributed by atoms with van der Waals surface area (Å²) in [6, 6.07) is 0. The molecule has 0 saturated carbocycles. The summed E-state index contributed by atoms with van der Waals surface area (Å²) in [5.74, 6) is -1.47. The van der Waals surface area contributed by atoms with Gasteiger partial charge in [0, 0.05) is 25.9 Å². The van der Waals surface area contributed by atoms with Gasteiger partial charge in [0.2, 0.25) is 0 Å². The Labute approximate surface area is 347 Å². The molecule has 12 heteroatoms. The Balaban J connectivity index is 4.97. The van der Waals surface area contributed by atoms with Crippen LogP contribution in [0.25, 0.3) is 0 Å². The summed E-state index contributed by atoms with van der Waals surface area (Å²) in [5.41, 5.74) is 0. The van der Waals surface area contributed by atoms with E-state index >= 15 is 0 Å². The summed E-state index contributed by atoms with van der Waals surface area (Å²) >= 11 is 0. The summed E-state index contributed by atoms with van der Waals surface area (Å²) in [6.45, 7) is 13.8. The lowest BCUT2D eigenvalue weighted by Gasteiger charge is -2.25. The highest BCUT2D eigenvalue weighted by Crippen LogP contribution is 2.19. The van der Waals surface area contributed by atoms with Gasteiger partial charge in [-0.05, 0) is 96.8 Å². The Kier molecular flexibility index (Phi) is 38.4. The molecular formula is C45H86N2O10. The minimum atomic E-state index is -0.736. The molecule has 0 aromatic rings. The normalized spacial score (nSPS) is 12.5. The molecule has 0 aliphatic heterocycles. The van der Waals surface area contributed by atoms with Crippen molar-refractivity contribution in [3.05, 3.63) is 0 Å². The quantitative estimate of drug-likeness (QED) is 0.0445. The average Bonchev–Trinajstić information content (AvgIpc) is 3.18. The lowest BCUT2D eigenvalue weighted by atomic mass is 10.0. The first kappa shape index (κ1) is 54.4. The third-order valence-electron chi connectivity index (χ3n) is 10.7. The molecule has 0 rings (SSSR count). The molecule has 0 saturated heterocycles. The van der Waals surface area contributed by atoms with Crippen LogP contribution in [0.15, 0.2) is 0 Å². The van der Waals surface area contributed by atoms with Crippen LogP contribution >= 0.6 is 0 Å². The highest BCUT2D eigenvalue weighted by atomic mass is 16.7. The fourth-order valence-corrected chi connectivity index (χ4v) is 7.08. The van der Waals surface area contributed by atoms with Crippen molar-refractivity contribution in [1.82, 2.24) is 9.80 Å². The molecule has 0 aliphatic rings. The van der Waals surface area contributed by atoms with E-state index in [4.69, 9.17) is 29.2 Å². The summed E-state index contributed by atoms with van der Waals surface area (Å²) in [7, 11) is 0. The van der Waals surface area contributed by atoms with Gasteiger partial charge < -0.3 is 34.1 Å². The van der Waals surface area contributed by atoms with E-state index in [0.29, 0.717) is 13.1 Å². The number of carbonyl (C=O) groups excluding carboxylic acids is 2. The fraction of sp³-hybridized carbons (Fsp3) is 0.911. The first-order valence-electron chi connectivity index (χ1n) is 23.2. The molecule has 0 amide bonds. The van der Waals surface area contributed by atoms with Crippen LogP contribution < -0.4 is 0 Å². The summed E-state index contributed by atoms with van der Waals surface area (Å²) in [4.78, 5) is 51.7. The predicted octanol–water partition coefficient (Wildman–Crippen LogP) is 11.4. The second-order valence-corrected chi connectivity index (χ2v) is 15.7. The van der Waals surface area contributed by atoms with Crippen LogP contribution in [0.3, 0.4) is 0 Å². The molecule has 0 spiro atoms. The van der Waals surface area contributed by atoms with Gasteiger partial charge in [-0.1, -0.05) is 118 Å². The van der Waals surface area contributed by atoms with Gasteiger partial charge in [0.1, 0.15) is 25.4 Å². The van der Waals surface area contributed by atoms with E-state index < -0.39 is 24.2 Å². The number of aliphatic carboxylic acids is 2. The molecule has 0 fully saturated rings. The number of rotatable bonds is 42. The maximum absolute atomic E-state index is 12.8. The number of carbonyl (C=O) groups is 4. The maximum Gasteiger partial charge on any atom is 0.508 e. The topological polar surface area (TPSA) is 152 Å². The molecule has 57 heavy (non-hydrogen) atoms. The zero-order valence-corrected chi connectivity index (χ0v) is 37.0. The number of ether oxygens (including phenoxy) is 4. The van der Waals surface area contributed by atoms with Crippen LogP contribution in [0.5, 0.6) is 0 Å². The van der Waals surface area contributed by atoms with Crippen molar-refractivity contribution < 1.29 is 48.3 Å². The molecular weight excluding hydrogens is 728 g/mol. The van der Waals surface area contributed by atoms with Gasteiger partial charge >= 0.3 is 24.2 Å². The Morgan fingerprint density at radius 1 is 0.421 bits per heavy atom. The first-order valence-corrected chi connectivity index (χ1v) is 23.2. The zero-order valence-electron chi connectivity index (χ0n) is 37.0. The molecule has 2 unspecified atom stereocenters. The summed E-state index contributed by atoms with van der Waals surface area (Å²) in [6.07, 6.45) is 23.4. The minimum absolute atomic E-state index is 0.170. The zero-order chi connectivity index (χ0) is 42.2. The van der Waals surface area contributed by atoms with E-state index in [9.17, 15) is 19.2 Å². The number of unbranched alkanes of at least 4 members (excludes halogenated alkanes) is 16. The predicted molar refractivity (Wildman–Crippen MR) is 228 cm³/mol. The van der Waals surface area contributed by atoms with E-state index in [1.54, 1.807) is 0 Å². The van der Waals surface area contributed by atoms with E-state index in [0.717, 1.165) is 174 Å². The number of hydrogen-bond donors (Lipinski definition) is 2. The van der Waals surface area contributed by atoms with Crippen LogP contribution in [0.1, 0.15) is 201 Å². The Bertz CT molecular complexity index is 898. The van der Waals surface area contributed by atoms with Crippen molar-refractivity contribution in [3.8, 4) is 0 Å². The largest absolute Gasteiger partial charge is 0.508 e. The van der Waals surface area contributed by atoms with Gasteiger partial charge in [-0.2, -0.15) is 0 Å². The van der Waals surface area contributed by atoms with Crippen LogP contribution in [0, 0.1) is 0 Å². The minimum Gasteiger partial charge on any atom is -0.481 e. The van der Waals surface area contributed by atoms with Gasteiger partial charge in [0.15, 0.2) is 0 Å². The van der Waals surface area contributed by atoms with Crippen molar-refractivity contribution in [2.24, 2.45) is 0 Å². The second-order valence-electron chi connectivity index (χ2n) is 15.7. The van der Waals surface area contributed by atoms with E-state index in [2.05, 4.69) is 37.5 Å². The molecule has 2 N–H and O–H groups in total. The molecule has 336 valence electrons. The maximum atomic E-state index is 12.8. The standard InChI is InChI=1S/C45H86N2O10/c1-5-9-11-21-28-40(30-23-17-13-15-19-25-32-42(48)49)56-44(52)54-38-36-47(35-27-34-46(7-3)8-4)37-39-55-45(53)57-41(29-22-12-10-6-2)31-24-18-14-16-20-26-33-43(50)51/h40-41H,5-39H2,1-4H3,(H,48,49)(H,50,51). The smallest absolute Gasteiger partial charge is 0.481 e. The number of carboxylic acid groups (broad SMARTS) is 2. The van der Waals surface area contributed by atoms with E-state index in [1.807, 2.05) is 0 Å². The van der Waals surface area contributed by atoms with E-state index in [-0.39, 0.29) is 38.3 Å². The fourth-order valence-electron chi connectivity index (χ4n) is 7.08. The van der Waals surface area contributed by atoms with Crippen LogP contribution in [-0.2, 0) is 28.5 Å². The molecule has 0 radical (unpaired) electrons. The lowest BCUT2D eigenvalue weighted by molar-refractivity contribution is -0.138. The molecule has 12 nitrogen and oxygen atoms in total. The van der Waals surface area contributed by atoms with Gasteiger partial charge in [0.25, 0.3) is 0 Å². The Hall–Kier alpha value is -2.60. The molecule has 0 aromatic carbocycles. The van der Waals surface area contributed by atoms with Crippen molar-refractivity contribution in [2.45, 2.75) is 213 Å². The molecule has 0 aromatic heterocycles. The average molecular weight is 815 g/mol. The third-order valence-corrected chi connectivity index (χ3v) is 10.7. The highest BCUT2D eigenvalue weighted by molar-refractivity contribution is 5.66. The highest BCUT2D eigenvalue weighted by Gasteiger charge is 2.18. The van der Waals surface area contributed by atoms with Crippen molar-refractivity contribution in [3.63, 3.8) is 0 Å². The van der Waals surface area contributed by atoms with Crippen molar-refractivity contribution in [1.29, 1.82) is 0 Å². The number of carboxylic acids is 2. The Morgan fingerprint density at radius 2 is 0.754 bits per heavy atom. The Morgan fingerprint density at radius 3 is 1.11 bits per heavy atom. The van der Waals surface area contributed by atoms with Gasteiger partial charge in [-0.3, -0.25) is 14.5 Å². The monoisotopic (exact) mass is 815 g/mol.